The van der Waals surface area contributed by atoms with Crippen LogP contribution in [0, 0.1) is 0 Å². The third kappa shape index (κ3) is 3.66. The van der Waals surface area contributed by atoms with Crippen molar-refractivity contribution in [3.8, 4) is 5.75 Å². The van der Waals surface area contributed by atoms with Crippen molar-refractivity contribution >= 4 is 25.3 Å². The summed E-state index contributed by atoms with van der Waals surface area (Å²) in [7, 11) is 4.36. The molecule has 0 saturated heterocycles. The maximum atomic E-state index is 9.32. The first-order valence-corrected chi connectivity index (χ1v) is 6.87. The maximum Gasteiger partial charge on any atom is 0.127 e. The number of methoxy groups -OCH3 is 1. The fourth-order valence-electron chi connectivity index (χ4n) is 2.01. The molecule has 2 rings (SSSR count). The van der Waals surface area contributed by atoms with E-state index in [2.05, 4.69) is 15.3 Å². The zero-order valence-electron chi connectivity index (χ0n) is 11.1. The lowest BCUT2D eigenvalue weighted by Crippen LogP contribution is -2.02. The Morgan fingerprint density at radius 1 is 1.16 bits per heavy atom. The number of hydrogen-bond acceptors (Lipinski definition) is 3. The molecule has 0 amide bonds. The van der Waals surface area contributed by atoms with Gasteiger partial charge < -0.3 is 14.6 Å². The van der Waals surface area contributed by atoms with Crippen LogP contribution in [0.25, 0.3) is 10.8 Å². The summed E-state index contributed by atoms with van der Waals surface area (Å²) in [5.41, 5.74) is 0.866. The van der Waals surface area contributed by atoms with E-state index in [9.17, 15) is 5.11 Å². The molecule has 1 unspecified atom stereocenters. The van der Waals surface area contributed by atoms with Crippen LogP contribution in [0.5, 0.6) is 5.75 Å². The fraction of sp³-hybridized carbons (Fsp3) is 0.333. The molecule has 102 valence electrons. The van der Waals surface area contributed by atoms with Crippen molar-refractivity contribution in [2.45, 2.75) is 13.0 Å². The summed E-state index contributed by atoms with van der Waals surface area (Å²) in [6, 6.07) is 10.0. The van der Waals surface area contributed by atoms with Gasteiger partial charge in [0, 0.05) is 25.5 Å². The van der Waals surface area contributed by atoms with E-state index in [0.29, 0.717) is 13.2 Å². The quantitative estimate of drug-likeness (QED) is 0.650. The molecule has 1 N–H and O–H groups in total. The summed E-state index contributed by atoms with van der Waals surface area (Å²) in [6.45, 7) is 1.32. The second kappa shape index (κ2) is 6.85. The van der Waals surface area contributed by atoms with Crippen molar-refractivity contribution in [3.05, 3.63) is 35.9 Å². The Kier molecular flexibility index (Phi) is 5.15. The number of hydrogen-bond donors (Lipinski definition) is 1. The van der Waals surface area contributed by atoms with E-state index in [1.165, 1.54) is 0 Å². The van der Waals surface area contributed by atoms with Gasteiger partial charge in [-0.25, -0.2) is 0 Å². The van der Waals surface area contributed by atoms with Crippen LogP contribution in [-0.4, -0.2) is 25.4 Å². The SMILES string of the molecule is COCCCOc1cc(CO)cc2cc(P)ccc12. The van der Waals surface area contributed by atoms with Crippen molar-refractivity contribution < 1.29 is 14.6 Å². The van der Waals surface area contributed by atoms with E-state index in [4.69, 9.17) is 9.47 Å². The van der Waals surface area contributed by atoms with Gasteiger partial charge in [-0.1, -0.05) is 12.1 Å². The van der Waals surface area contributed by atoms with Gasteiger partial charge in [0.1, 0.15) is 5.75 Å². The molecule has 0 fully saturated rings. The molecule has 0 radical (unpaired) electrons. The summed E-state index contributed by atoms with van der Waals surface area (Å²) in [4.78, 5) is 0. The first-order valence-electron chi connectivity index (χ1n) is 6.29. The third-order valence-electron chi connectivity index (χ3n) is 2.93. The van der Waals surface area contributed by atoms with Gasteiger partial charge in [-0.15, -0.1) is 9.24 Å². The smallest absolute Gasteiger partial charge is 0.127 e. The molecule has 19 heavy (non-hydrogen) atoms. The zero-order valence-corrected chi connectivity index (χ0v) is 12.2. The molecule has 0 saturated carbocycles. The van der Waals surface area contributed by atoms with Crippen LogP contribution in [0.15, 0.2) is 30.3 Å². The Labute approximate surface area is 115 Å². The standard InChI is InChI=1S/C15H19O3P/c1-17-5-2-6-18-15-8-11(10-16)7-12-9-13(19)3-4-14(12)15/h3-4,7-9,16H,2,5-6,10,19H2,1H3. The molecule has 0 aliphatic heterocycles. The van der Waals surface area contributed by atoms with E-state index in [1.54, 1.807) is 7.11 Å². The summed E-state index contributed by atoms with van der Waals surface area (Å²) >= 11 is 0. The highest BCUT2D eigenvalue weighted by molar-refractivity contribution is 7.27. The minimum Gasteiger partial charge on any atom is -0.493 e. The Balaban J connectivity index is 2.29. The highest BCUT2D eigenvalue weighted by atomic mass is 31.0. The van der Waals surface area contributed by atoms with E-state index < -0.39 is 0 Å². The van der Waals surface area contributed by atoms with Crippen LogP contribution in [0.1, 0.15) is 12.0 Å². The monoisotopic (exact) mass is 278 g/mol. The van der Waals surface area contributed by atoms with Gasteiger partial charge in [0.15, 0.2) is 0 Å². The van der Waals surface area contributed by atoms with Crippen LogP contribution in [0.2, 0.25) is 0 Å². The molecular weight excluding hydrogens is 259 g/mol. The van der Waals surface area contributed by atoms with Gasteiger partial charge in [-0.2, -0.15) is 0 Å². The van der Waals surface area contributed by atoms with Crippen LogP contribution in [0.4, 0.5) is 0 Å². The molecule has 0 bridgehead atoms. The summed E-state index contributed by atoms with van der Waals surface area (Å²) in [6.07, 6.45) is 0.850. The molecule has 2 aromatic carbocycles. The van der Waals surface area contributed by atoms with Gasteiger partial charge in [-0.3, -0.25) is 0 Å². The van der Waals surface area contributed by atoms with Crippen LogP contribution >= 0.6 is 9.24 Å². The van der Waals surface area contributed by atoms with Gasteiger partial charge >= 0.3 is 0 Å². The van der Waals surface area contributed by atoms with Crippen LogP contribution < -0.4 is 10.0 Å². The number of rotatable bonds is 6. The molecule has 4 heteroatoms. The summed E-state index contributed by atoms with van der Waals surface area (Å²) in [5, 5.41) is 12.6. The number of fused-ring (bicyclic) bond motifs is 1. The average molecular weight is 278 g/mol. The third-order valence-corrected chi connectivity index (χ3v) is 3.29. The highest BCUT2D eigenvalue weighted by Crippen LogP contribution is 2.27. The number of benzene rings is 2. The Hall–Kier alpha value is -1.15. The van der Waals surface area contributed by atoms with E-state index in [-0.39, 0.29) is 6.61 Å². The highest BCUT2D eigenvalue weighted by Gasteiger charge is 2.05. The lowest BCUT2D eigenvalue weighted by Gasteiger charge is -2.11. The molecule has 0 aliphatic carbocycles. The second-order valence-corrected chi connectivity index (χ2v) is 5.09. The number of aliphatic hydroxyl groups excluding tert-OH is 1. The Morgan fingerprint density at radius 2 is 2.00 bits per heavy atom. The Bertz CT molecular complexity index is 554. The first-order chi connectivity index (χ1) is 9.24. The van der Waals surface area contributed by atoms with Crippen molar-refractivity contribution in [2.24, 2.45) is 0 Å². The normalized spacial score (nSPS) is 10.9. The topological polar surface area (TPSA) is 38.7 Å². The summed E-state index contributed by atoms with van der Waals surface area (Å²) < 4.78 is 10.8. The molecule has 0 heterocycles. The molecule has 0 spiro atoms. The second-order valence-electron chi connectivity index (χ2n) is 4.43. The molecular formula is C15H19O3P. The lowest BCUT2D eigenvalue weighted by atomic mass is 10.1. The van der Waals surface area contributed by atoms with Gasteiger partial charge in [0.25, 0.3) is 0 Å². The van der Waals surface area contributed by atoms with Gasteiger partial charge in [0.2, 0.25) is 0 Å². The lowest BCUT2D eigenvalue weighted by molar-refractivity contribution is 0.172. The van der Waals surface area contributed by atoms with Crippen molar-refractivity contribution in [3.63, 3.8) is 0 Å². The minimum absolute atomic E-state index is 0.0193. The predicted molar refractivity (Wildman–Crippen MR) is 81.2 cm³/mol. The molecule has 0 aromatic heterocycles. The zero-order chi connectivity index (χ0) is 13.7. The van der Waals surface area contributed by atoms with E-state index in [1.807, 2.05) is 24.3 Å². The van der Waals surface area contributed by atoms with Crippen molar-refractivity contribution in [1.29, 1.82) is 0 Å². The molecule has 1 atom stereocenters. The minimum atomic E-state index is 0.0193. The number of aliphatic hydroxyl groups is 1. The summed E-state index contributed by atoms with van der Waals surface area (Å²) in [5.74, 6) is 0.822. The Morgan fingerprint density at radius 3 is 2.74 bits per heavy atom. The average Bonchev–Trinajstić information content (AvgIpc) is 2.42. The largest absolute Gasteiger partial charge is 0.493 e. The maximum absolute atomic E-state index is 9.32. The first kappa shape index (κ1) is 14.3. The van der Waals surface area contributed by atoms with E-state index in [0.717, 1.165) is 33.8 Å². The van der Waals surface area contributed by atoms with Crippen LogP contribution in [0.3, 0.4) is 0 Å². The fourth-order valence-corrected chi connectivity index (χ4v) is 2.28. The van der Waals surface area contributed by atoms with Gasteiger partial charge in [0.05, 0.1) is 13.2 Å². The van der Waals surface area contributed by atoms with Crippen molar-refractivity contribution in [2.75, 3.05) is 20.3 Å². The molecule has 2 aromatic rings. The molecule has 3 nitrogen and oxygen atoms in total. The van der Waals surface area contributed by atoms with Crippen molar-refractivity contribution in [1.82, 2.24) is 0 Å². The van der Waals surface area contributed by atoms with E-state index >= 15 is 0 Å². The van der Waals surface area contributed by atoms with Gasteiger partial charge in [-0.05, 0) is 34.5 Å². The number of ether oxygens (including phenoxy) is 2. The van der Waals surface area contributed by atoms with Crippen LogP contribution in [-0.2, 0) is 11.3 Å². The predicted octanol–water partition coefficient (Wildman–Crippen LogP) is 2.25. The molecule has 0 aliphatic rings.